The van der Waals surface area contributed by atoms with Crippen LogP contribution in [0.1, 0.15) is 0 Å². The van der Waals surface area contributed by atoms with Gasteiger partial charge in [0.2, 0.25) is 0 Å². The topological polar surface area (TPSA) is 47.8 Å². The van der Waals surface area contributed by atoms with Gasteiger partial charge in [-0.2, -0.15) is 0 Å². The predicted octanol–water partition coefficient (Wildman–Crippen LogP) is 12.2. The molecule has 0 amide bonds. The van der Waals surface area contributed by atoms with Crippen molar-refractivity contribution in [1.29, 1.82) is 0 Å². The van der Waals surface area contributed by atoms with E-state index in [1.807, 2.05) is 67.9 Å². The maximum atomic E-state index is 12.9. The van der Waals surface area contributed by atoms with Crippen LogP contribution in [0.15, 0.2) is 182 Å². The molecule has 4 nitrogen and oxygen atoms in total. The Kier molecular flexibility index (Phi) is 8.18. The quantitative estimate of drug-likeness (QED) is 0.155. The van der Waals surface area contributed by atoms with Gasteiger partial charge in [-0.1, -0.05) is 152 Å². The number of hydrogen-bond acceptors (Lipinski definition) is 3. The van der Waals surface area contributed by atoms with Crippen molar-refractivity contribution in [3.63, 3.8) is 0 Å². The Morgan fingerprint density at radius 1 is 0.396 bits per heavy atom. The van der Waals surface area contributed by atoms with Gasteiger partial charge in [0.05, 0.1) is 33.8 Å². The predicted molar refractivity (Wildman–Crippen MR) is 223 cm³/mol. The van der Waals surface area contributed by atoms with Gasteiger partial charge in [0.1, 0.15) is 7.14 Å². The van der Waals surface area contributed by atoms with E-state index >= 15 is 0 Å². The molecule has 53 heavy (non-hydrogen) atoms. The van der Waals surface area contributed by atoms with Crippen LogP contribution in [0, 0.1) is 0 Å². The maximum Gasteiger partial charge on any atom is 0.109 e. The van der Waals surface area contributed by atoms with Crippen molar-refractivity contribution in [2.45, 2.75) is 0 Å². The van der Waals surface area contributed by atoms with Gasteiger partial charge in [0.15, 0.2) is 0 Å². The molecule has 0 spiro atoms. The zero-order valence-corrected chi connectivity index (χ0v) is 30.4. The molecule has 7 aromatic carbocycles. The van der Waals surface area contributed by atoms with Gasteiger partial charge in [-0.25, -0.2) is 9.97 Å². The molecule has 0 aliphatic carbocycles. The molecule has 0 saturated carbocycles. The Balaban J connectivity index is 1.29. The Bertz CT molecular complexity index is 2800. The summed E-state index contributed by atoms with van der Waals surface area (Å²) in [5.41, 5.74) is 12.7. The molecule has 0 unspecified atom stereocenters. The third-order valence-electron chi connectivity index (χ3n) is 9.91. The van der Waals surface area contributed by atoms with Crippen LogP contribution in [0.3, 0.4) is 0 Å². The lowest BCUT2D eigenvalue weighted by Crippen LogP contribution is -2.02. The number of aromatic nitrogens is 3. The molecule has 0 fully saturated rings. The summed E-state index contributed by atoms with van der Waals surface area (Å²) in [7, 11) is -2.40. The molecule has 9 rings (SSSR count). The van der Waals surface area contributed by atoms with E-state index in [4.69, 9.17) is 9.97 Å². The Hall–Kier alpha value is -6.35. The summed E-state index contributed by atoms with van der Waals surface area (Å²) < 4.78 is 15.2. The lowest BCUT2D eigenvalue weighted by Gasteiger charge is -2.17. The molecule has 0 aliphatic rings. The van der Waals surface area contributed by atoms with E-state index in [0.717, 1.165) is 78.2 Å². The highest BCUT2D eigenvalue weighted by Gasteiger charge is 2.21. The van der Waals surface area contributed by atoms with Crippen LogP contribution < -0.4 is 5.30 Å². The van der Waals surface area contributed by atoms with Crippen molar-refractivity contribution < 1.29 is 4.57 Å². The molecule has 254 valence electrons. The van der Waals surface area contributed by atoms with Crippen molar-refractivity contribution in [2.75, 3.05) is 13.3 Å². The molecule has 0 bridgehead atoms. The van der Waals surface area contributed by atoms with Gasteiger partial charge < -0.3 is 9.13 Å². The third kappa shape index (κ3) is 6.08. The van der Waals surface area contributed by atoms with E-state index in [-0.39, 0.29) is 0 Å². The standard InChI is InChI=1S/C48H36N3OP/c1-53(2,52)40-22-14-19-37(31-40)33-25-27-36(28-26-33)47-48(50-46(35-17-8-4-9-18-35)45(49-47)34-15-6-3-7-16-34)38-29-30-42-41-23-12-13-24-43(41)51(44(42)32-38)39-20-10-5-11-21-39/h3-32H,1-2H3. The van der Waals surface area contributed by atoms with Gasteiger partial charge in [-0.3, -0.25) is 0 Å². The van der Waals surface area contributed by atoms with Crippen LogP contribution in [0.5, 0.6) is 0 Å². The van der Waals surface area contributed by atoms with Crippen LogP contribution in [0.25, 0.3) is 83.6 Å². The minimum atomic E-state index is -2.40. The average Bonchev–Trinajstić information content (AvgIpc) is 3.55. The molecular formula is C48H36N3OP. The summed E-state index contributed by atoms with van der Waals surface area (Å²) in [6.45, 7) is 3.63. The zero-order chi connectivity index (χ0) is 35.9. The molecule has 0 N–H and O–H groups in total. The van der Waals surface area contributed by atoms with Crippen molar-refractivity contribution in [3.8, 4) is 61.8 Å². The van der Waals surface area contributed by atoms with Gasteiger partial charge in [-0.05, 0) is 54.8 Å². The van der Waals surface area contributed by atoms with Gasteiger partial charge in [0.25, 0.3) is 0 Å². The minimum absolute atomic E-state index is 0.803. The number of para-hydroxylation sites is 2. The van der Waals surface area contributed by atoms with Crippen LogP contribution in [0.2, 0.25) is 0 Å². The minimum Gasteiger partial charge on any atom is -0.319 e. The van der Waals surface area contributed by atoms with Gasteiger partial charge >= 0.3 is 0 Å². The first kappa shape index (κ1) is 32.6. The highest BCUT2D eigenvalue weighted by Crippen LogP contribution is 2.41. The first-order valence-corrected chi connectivity index (χ1v) is 20.4. The van der Waals surface area contributed by atoms with Crippen LogP contribution in [-0.2, 0) is 4.57 Å². The summed E-state index contributed by atoms with van der Waals surface area (Å²) in [4.78, 5) is 11.1. The zero-order valence-electron chi connectivity index (χ0n) is 29.5. The summed E-state index contributed by atoms with van der Waals surface area (Å²) in [6.07, 6.45) is 0. The molecule has 0 aliphatic heterocycles. The molecule has 0 atom stereocenters. The highest BCUT2D eigenvalue weighted by molar-refractivity contribution is 7.70. The molecule has 0 radical (unpaired) electrons. The summed E-state index contributed by atoms with van der Waals surface area (Å²) in [6, 6.07) is 63.0. The van der Waals surface area contributed by atoms with Crippen molar-refractivity contribution >= 4 is 34.3 Å². The van der Waals surface area contributed by atoms with E-state index < -0.39 is 7.14 Å². The highest BCUT2D eigenvalue weighted by atomic mass is 31.2. The first-order valence-electron chi connectivity index (χ1n) is 17.8. The van der Waals surface area contributed by atoms with Gasteiger partial charge in [-0.15, -0.1) is 0 Å². The smallest absolute Gasteiger partial charge is 0.109 e. The lowest BCUT2D eigenvalue weighted by atomic mass is 9.97. The summed E-state index contributed by atoms with van der Waals surface area (Å²) in [5, 5.41) is 3.26. The largest absolute Gasteiger partial charge is 0.319 e. The Morgan fingerprint density at radius 3 is 1.49 bits per heavy atom. The number of rotatable bonds is 7. The second kappa shape index (κ2) is 13.3. The van der Waals surface area contributed by atoms with Crippen LogP contribution in [0.4, 0.5) is 0 Å². The van der Waals surface area contributed by atoms with E-state index in [9.17, 15) is 4.57 Å². The maximum absolute atomic E-state index is 12.9. The fourth-order valence-corrected chi connectivity index (χ4v) is 8.14. The number of fused-ring (bicyclic) bond motifs is 3. The van der Waals surface area contributed by atoms with Crippen LogP contribution >= 0.6 is 7.14 Å². The number of nitrogens with zero attached hydrogens (tertiary/aromatic N) is 3. The van der Waals surface area contributed by atoms with Crippen molar-refractivity contribution in [3.05, 3.63) is 182 Å². The van der Waals surface area contributed by atoms with E-state index in [2.05, 4.69) is 132 Å². The summed E-state index contributed by atoms with van der Waals surface area (Å²) in [5.74, 6) is 0. The second-order valence-electron chi connectivity index (χ2n) is 13.7. The molecule has 0 saturated heterocycles. The first-order chi connectivity index (χ1) is 25.9. The molecular weight excluding hydrogens is 666 g/mol. The SMILES string of the molecule is CP(C)(=O)c1cccc(-c2ccc(-c3nc(-c4ccccc4)c(-c4ccccc4)nc3-c3ccc4c5ccccc5n(-c5ccccc5)c4c3)cc2)c1. The Morgan fingerprint density at radius 2 is 0.868 bits per heavy atom. The molecule has 9 aromatic rings. The molecule has 2 heterocycles. The van der Waals surface area contributed by atoms with Gasteiger partial charge in [0, 0.05) is 44.0 Å². The monoisotopic (exact) mass is 701 g/mol. The lowest BCUT2D eigenvalue weighted by molar-refractivity contribution is 0.588. The number of hydrogen-bond donors (Lipinski definition) is 0. The fourth-order valence-electron chi connectivity index (χ4n) is 7.25. The van der Waals surface area contributed by atoms with E-state index in [0.29, 0.717) is 0 Å². The van der Waals surface area contributed by atoms with E-state index in [1.165, 1.54) is 10.8 Å². The molecule has 2 aromatic heterocycles. The van der Waals surface area contributed by atoms with Crippen LogP contribution in [-0.4, -0.2) is 27.9 Å². The van der Waals surface area contributed by atoms with Crippen molar-refractivity contribution in [1.82, 2.24) is 14.5 Å². The third-order valence-corrected chi connectivity index (χ3v) is 11.4. The summed E-state index contributed by atoms with van der Waals surface area (Å²) >= 11 is 0. The fraction of sp³-hybridized carbons (Fsp3) is 0.0417. The normalized spacial score (nSPS) is 11.7. The number of benzene rings is 7. The Labute approximate surface area is 309 Å². The molecule has 5 heteroatoms. The van der Waals surface area contributed by atoms with E-state index in [1.54, 1.807) is 0 Å². The van der Waals surface area contributed by atoms with Crippen molar-refractivity contribution in [2.24, 2.45) is 0 Å². The second-order valence-corrected chi connectivity index (χ2v) is 17.0. The average molecular weight is 702 g/mol.